The van der Waals surface area contributed by atoms with Crippen LogP contribution < -0.4 is 5.32 Å². The molecule has 1 amide bonds. The molecule has 1 fully saturated rings. The van der Waals surface area contributed by atoms with Crippen molar-refractivity contribution in [1.29, 1.82) is 0 Å². The SMILES string of the molecule is CC(C)(C)C(=O)NCCn1ncc(-c2ccncc2)c1C1CC1. The van der Waals surface area contributed by atoms with E-state index >= 15 is 0 Å². The molecule has 0 spiro atoms. The zero-order valence-electron chi connectivity index (χ0n) is 14.0. The van der Waals surface area contributed by atoms with Gasteiger partial charge in [0.2, 0.25) is 5.91 Å². The van der Waals surface area contributed by atoms with Crippen LogP contribution in [0.4, 0.5) is 0 Å². The Balaban J connectivity index is 1.73. The van der Waals surface area contributed by atoms with Crippen molar-refractivity contribution in [3.63, 3.8) is 0 Å². The van der Waals surface area contributed by atoms with Gasteiger partial charge in [-0.05, 0) is 30.5 Å². The van der Waals surface area contributed by atoms with Crippen LogP contribution in [0.2, 0.25) is 0 Å². The second kappa shape index (κ2) is 6.14. The number of rotatable bonds is 5. The summed E-state index contributed by atoms with van der Waals surface area (Å²) in [6.07, 6.45) is 8.00. The molecule has 0 atom stereocenters. The maximum Gasteiger partial charge on any atom is 0.225 e. The van der Waals surface area contributed by atoms with Gasteiger partial charge in [-0.25, -0.2) is 0 Å². The Bertz CT molecular complexity index is 681. The van der Waals surface area contributed by atoms with Crippen molar-refractivity contribution in [3.8, 4) is 11.1 Å². The van der Waals surface area contributed by atoms with E-state index < -0.39 is 0 Å². The quantitative estimate of drug-likeness (QED) is 0.923. The van der Waals surface area contributed by atoms with E-state index in [4.69, 9.17) is 0 Å². The predicted molar refractivity (Wildman–Crippen MR) is 89.9 cm³/mol. The van der Waals surface area contributed by atoms with Crippen molar-refractivity contribution in [1.82, 2.24) is 20.1 Å². The second-order valence-electron chi connectivity index (χ2n) is 7.18. The highest BCUT2D eigenvalue weighted by Crippen LogP contribution is 2.44. The number of pyridine rings is 1. The van der Waals surface area contributed by atoms with Crippen molar-refractivity contribution < 1.29 is 4.79 Å². The van der Waals surface area contributed by atoms with E-state index in [0.717, 1.165) is 5.56 Å². The van der Waals surface area contributed by atoms with Crippen molar-refractivity contribution in [2.45, 2.75) is 46.1 Å². The van der Waals surface area contributed by atoms with Gasteiger partial charge in [-0.1, -0.05) is 20.8 Å². The van der Waals surface area contributed by atoms with Crippen LogP contribution in [-0.2, 0) is 11.3 Å². The van der Waals surface area contributed by atoms with Crippen LogP contribution in [0.1, 0.15) is 45.2 Å². The highest BCUT2D eigenvalue weighted by molar-refractivity contribution is 5.81. The number of nitrogens with one attached hydrogen (secondary N) is 1. The van der Waals surface area contributed by atoms with Gasteiger partial charge >= 0.3 is 0 Å². The summed E-state index contributed by atoms with van der Waals surface area (Å²) in [7, 11) is 0. The van der Waals surface area contributed by atoms with Crippen LogP contribution in [0.15, 0.2) is 30.7 Å². The maximum atomic E-state index is 12.0. The molecule has 0 aromatic carbocycles. The molecule has 3 rings (SSSR count). The molecule has 2 aromatic rings. The molecular weight excluding hydrogens is 288 g/mol. The van der Waals surface area contributed by atoms with Crippen LogP contribution in [0.25, 0.3) is 11.1 Å². The first-order chi connectivity index (χ1) is 11.0. The van der Waals surface area contributed by atoms with Gasteiger partial charge in [0.15, 0.2) is 0 Å². The molecule has 122 valence electrons. The van der Waals surface area contributed by atoms with Crippen molar-refractivity contribution in [2.24, 2.45) is 5.41 Å². The molecule has 0 saturated heterocycles. The van der Waals surface area contributed by atoms with Crippen LogP contribution in [0.3, 0.4) is 0 Å². The first-order valence-electron chi connectivity index (χ1n) is 8.21. The van der Waals surface area contributed by atoms with E-state index in [1.807, 2.05) is 51.5 Å². The summed E-state index contributed by atoms with van der Waals surface area (Å²) in [5.41, 5.74) is 3.29. The van der Waals surface area contributed by atoms with Crippen LogP contribution in [0.5, 0.6) is 0 Å². The Labute approximate surface area is 137 Å². The van der Waals surface area contributed by atoms with Gasteiger partial charge in [-0.15, -0.1) is 0 Å². The second-order valence-corrected chi connectivity index (χ2v) is 7.18. The Morgan fingerprint density at radius 2 is 2.00 bits per heavy atom. The average molecular weight is 312 g/mol. The Morgan fingerprint density at radius 3 is 2.61 bits per heavy atom. The minimum Gasteiger partial charge on any atom is -0.354 e. The van der Waals surface area contributed by atoms with Gasteiger partial charge in [0.25, 0.3) is 0 Å². The molecule has 2 aromatic heterocycles. The maximum absolute atomic E-state index is 12.0. The Hall–Kier alpha value is -2.17. The van der Waals surface area contributed by atoms with Crippen LogP contribution >= 0.6 is 0 Å². The van der Waals surface area contributed by atoms with Crippen LogP contribution in [0, 0.1) is 5.41 Å². The number of hydrogen-bond acceptors (Lipinski definition) is 3. The molecule has 5 heteroatoms. The molecule has 5 nitrogen and oxygen atoms in total. The lowest BCUT2D eigenvalue weighted by atomic mass is 9.96. The average Bonchev–Trinajstić information content (AvgIpc) is 3.27. The molecule has 0 unspecified atom stereocenters. The number of aromatic nitrogens is 3. The topological polar surface area (TPSA) is 59.8 Å². The first kappa shape index (κ1) is 15.7. The number of amides is 1. The molecular formula is C18H24N4O. The standard InChI is InChI=1S/C18H24N4O/c1-18(2,3)17(23)20-10-11-22-16(14-4-5-14)15(12-21-22)13-6-8-19-9-7-13/h6-9,12,14H,4-5,10-11H2,1-3H3,(H,20,23). The fraction of sp³-hybridized carbons (Fsp3) is 0.500. The van der Waals surface area contributed by atoms with Crippen molar-refractivity contribution in [2.75, 3.05) is 6.54 Å². The van der Waals surface area contributed by atoms with E-state index in [0.29, 0.717) is 19.0 Å². The molecule has 0 aliphatic heterocycles. The van der Waals surface area contributed by atoms with Gasteiger partial charge in [0.1, 0.15) is 0 Å². The molecule has 2 heterocycles. The minimum atomic E-state index is -0.356. The van der Waals surface area contributed by atoms with E-state index in [1.54, 1.807) is 0 Å². The van der Waals surface area contributed by atoms with Crippen molar-refractivity contribution >= 4 is 5.91 Å². The molecule has 0 bridgehead atoms. The van der Waals surface area contributed by atoms with Gasteiger partial charge in [-0.3, -0.25) is 14.5 Å². The smallest absolute Gasteiger partial charge is 0.225 e. The van der Waals surface area contributed by atoms with Gasteiger partial charge < -0.3 is 5.32 Å². The molecule has 1 aliphatic carbocycles. The monoisotopic (exact) mass is 312 g/mol. The number of carbonyl (C=O) groups is 1. The Morgan fingerprint density at radius 1 is 1.30 bits per heavy atom. The number of hydrogen-bond donors (Lipinski definition) is 1. The first-order valence-corrected chi connectivity index (χ1v) is 8.21. The molecule has 1 aliphatic rings. The third kappa shape index (κ3) is 3.60. The third-order valence-corrected chi connectivity index (χ3v) is 4.13. The van der Waals surface area contributed by atoms with Gasteiger partial charge in [0.05, 0.1) is 12.7 Å². The van der Waals surface area contributed by atoms with E-state index in [-0.39, 0.29) is 11.3 Å². The van der Waals surface area contributed by atoms with Crippen LogP contribution in [-0.4, -0.2) is 27.2 Å². The molecule has 0 radical (unpaired) electrons. The molecule has 1 N–H and O–H groups in total. The van der Waals surface area contributed by atoms with E-state index in [2.05, 4.69) is 20.1 Å². The van der Waals surface area contributed by atoms with Gasteiger partial charge in [-0.2, -0.15) is 5.10 Å². The largest absolute Gasteiger partial charge is 0.354 e. The lowest BCUT2D eigenvalue weighted by Gasteiger charge is -2.18. The van der Waals surface area contributed by atoms with E-state index in [9.17, 15) is 4.79 Å². The summed E-state index contributed by atoms with van der Waals surface area (Å²) in [5.74, 6) is 0.672. The third-order valence-electron chi connectivity index (χ3n) is 4.13. The van der Waals surface area contributed by atoms with Crippen molar-refractivity contribution in [3.05, 3.63) is 36.4 Å². The normalized spacial score (nSPS) is 14.7. The zero-order chi connectivity index (χ0) is 16.4. The summed E-state index contributed by atoms with van der Waals surface area (Å²) in [6, 6.07) is 4.04. The number of nitrogens with zero attached hydrogens (tertiary/aromatic N) is 3. The summed E-state index contributed by atoms with van der Waals surface area (Å²) in [6.45, 7) is 7.08. The lowest BCUT2D eigenvalue weighted by Crippen LogP contribution is -2.36. The van der Waals surface area contributed by atoms with Gasteiger partial charge in [0, 0.05) is 41.5 Å². The summed E-state index contributed by atoms with van der Waals surface area (Å²) in [4.78, 5) is 16.1. The number of carbonyl (C=O) groups excluding carboxylic acids is 1. The highest BCUT2D eigenvalue weighted by Gasteiger charge is 2.30. The molecule has 23 heavy (non-hydrogen) atoms. The fourth-order valence-corrected chi connectivity index (χ4v) is 2.65. The lowest BCUT2D eigenvalue weighted by molar-refractivity contribution is -0.128. The predicted octanol–water partition coefficient (Wildman–Crippen LogP) is 2.98. The zero-order valence-corrected chi connectivity index (χ0v) is 14.0. The minimum absolute atomic E-state index is 0.0759. The summed E-state index contributed by atoms with van der Waals surface area (Å²) in [5, 5.41) is 7.55. The summed E-state index contributed by atoms with van der Waals surface area (Å²) >= 11 is 0. The van der Waals surface area contributed by atoms with E-state index in [1.165, 1.54) is 24.1 Å². The Kier molecular flexibility index (Phi) is 4.20. The fourth-order valence-electron chi connectivity index (χ4n) is 2.65. The summed E-state index contributed by atoms with van der Waals surface area (Å²) < 4.78 is 2.05. The highest BCUT2D eigenvalue weighted by atomic mass is 16.2. The molecule has 1 saturated carbocycles.